The van der Waals surface area contributed by atoms with Crippen molar-refractivity contribution < 1.29 is 16.8 Å². The van der Waals surface area contributed by atoms with Crippen LogP contribution in [0, 0.1) is 0 Å². The minimum Gasteiger partial charge on any atom is -0.212 e. The van der Waals surface area contributed by atoms with Crippen LogP contribution < -0.4 is 4.72 Å². The van der Waals surface area contributed by atoms with E-state index in [2.05, 4.69) is 4.72 Å². The Bertz CT molecular complexity index is 606. The van der Waals surface area contributed by atoms with Crippen molar-refractivity contribution in [1.29, 1.82) is 0 Å². The molecule has 1 aromatic rings. The van der Waals surface area contributed by atoms with Crippen LogP contribution in [0.15, 0.2) is 16.3 Å². The summed E-state index contributed by atoms with van der Waals surface area (Å²) >= 11 is 0.960. The summed E-state index contributed by atoms with van der Waals surface area (Å²) in [5.74, 6) is 0.0450. The predicted molar refractivity (Wildman–Crippen MR) is 73.0 cm³/mol. The van der Waals surface area contributed by atoms with E-state index in [1.165, 1.54) is 6.07 Å². The highest BCUT2D eigenvalue weighted by atomic mass is 35.7. The van der Waals surface area contributed by atoms with Gasteiger partial charge >= 0.3 is 0 Å². The molecule has 0 amide bonds. The van der Waals surface area contributed by atoms with Gasteiger partial charge in [-0.3, -0.25) is 0 Å². The maximum atomic E-state index is 11.6. The van der Waals surface area contributed by atoms with Crippen LogP contribution in [0.1, 0.15) is 31.2 Å². The Labute approximate surface area is 116 Å². The number of hydrogen-bond donors (Lipinski definition) is 1. The zero-order valence-corrected chi connectivity index (χ0v) is 13.1. The summed E-state index contributed by atoms with van der Waals surface area (Å²) in [5.41, 5.74) is 0. The smallest absolute Gasteiger partial charge is 0.212 e. The van der Waals surface area contributed by atoms with Crippen LogP contribution in [0.2, 0.25) is 0 Å². The van der Waals surface area contributed by atoms with E-state index in [1.807, 2.05) is 0 Å². The average molecular weight is 332 g/mol. The fourth-order valence-corrected chi connectivity index (χ4v) is 4.84. The van der Waals surface area contributed by atoms with E-state index in [0.717, 1.165) is 11.3 Å². The molecule has 0 bridgehead atoms. The highest BCUT2D eigenvalue weighted by Gasteiger charge is 2.19. The molecule has 0 saturated heterocycles. The molecule has 0 saturated carbocycles. The second kappa shape index (κ2) is 5.87. The van der Waals surface area contributed by atoms with Crippen molar-refractivity contribution in [2.24, 2.45) is 0 Å². The first-order valence-electron chi connectivity index (χ1n) is 5.20. The molecule has 5 nitrogen and oxygen atoms in total. The van der Waals surface area contributed by atoms with Crippen LogP contribution in [-0.2, 0) is 19.1 Å². The number of thiophene rings is 1. The molecule has 0 aliphatic heterocycles. The molecule has 0 spiro atoms. The quantitative estimate of drug-likeness (QED) is 0.809. The van der Waals surface area contributed by atoms with Gasteiger partial charge in [-0.05, 0) is 25.5 Å². The summed E-state index contributed by atoms with van der Waals surface area (Å²) in [6.07, 6.45) is 0.522. The molecular formula is C9H14ClNO4S3. The lowest BCUT2D eigenvalue weighted by atomic mass is 10.3. The third-order valence-electron chi connectivity index (χ3n) is 2.10. The fraction of sp³-hybridized carbons (Fsp3) is 0.556. The van der Waals surface area contributed by atoms with E-state index in [0.29, 0.717) is 11.3 Å². The lowest BCUT2D eigenvalue weighted by Gasteiger charge is -2.11. The standard InChI is InChI=1S/C9H14ClNO4S3/c1-3-6-17(12,13)11-7(2)8-4-5-9(16-8)18(10,14)15/h4-5,7,11H,3,6H2,1-2H3. The number of hydrogen-bond acceptors (Lipinski definition) is 5. The second-order valence-corrected chi connectivity index (χ2v) is 9.53. The zero-order valence-electron chi connectivity index (χ0n) is 9.88. The third-order valence-corrected chi connectivity index (χ3v) is 7.12. The predicted octanol–water partition coefficient (Wildman–Crippen LogP) is 2.07. The molecule has 18 heavy (non-hydrogen) atoms. The van der Waals surface area contributed by atoms with E-state index < -0.39 is 25.1 Å². The Morgan fingerprint density at radius 1 is 1.33 bits per heavy atom. The van der Waals surface area contributed by atoms with Crippen LogP contribution >= 0.6 is 22.0 Å². The van der Waals surface area contributed by atoms with E-state index in [-0.39, 0.29) is 9.96 Å². The molecule has 9 heteroatoms. The molecule has 0 fully saturated rings. The van der Waals surface area contributed by atoms with E-state index in [1.54, 1.807) is 19.9 Å². The Morgan fingerprint density at radius 2 is 1.94 bits per heavy atom. The Morgan fingerprint density at radius 3 is 2.39 bits per heavy atom. The van der Waals surface area contributed by atoms with Gasteiger partial charge < -0.3 is 0 Å². The molecule has 1 heterocycles. The van der Waals surface area contributed by atoms with Gasteiger partial charge in [0.1, 0.15) is 4.21 Å². The van der Waals surface area contributed by atoms with Crippen LogP contribution in [0.3, 0.4) is 0 Å². The van der Waals surface area contributed by atoms with Crippen molar-refractivity contribution >= 4 is 41.1 Å². The summed E-state index contributed by atoms with van der Waals surface area (Å²) in [5, 5.41) is 0. The first-order chi connectivity index (χ1) is 8.15. The van der Waals surface area contributed by atoms with E-state index >= 15 is 0 Å². The maximum Gasteiger partial charge on any atom is 0.270 e. The largest absolute Gasteiger partial charge is 0.270 e. The molecule has 1 unspecified atom stereocenters. The van der Waals surface area contributed by atoms with Crippen molar-refractivity contribution in [1.82, 2.24) is 4.72 Å². The number of rotatable bonds is 6. The van der Waals surface area contributed by atoms with Crippen molar-refractivity contribution in [3.8, 4) is 0 Å². The average Bonchev–Trinajstić information content (AvgIpc) is 2.63. The van der Waals surface area contributed by atoms with Gasteiger partial charge in [0.2, 0.25) is 10.0 Å². The lowest BCUT2D eigenvalue weighted by molar-refractivity contribution is 0.567. The molecular weight excluding hydrogens is 318 g/mol. The Balaban J connectivity index is 2.86. The van der Waals surface area contributed by atoms with Gasteiger partial charge in [-0.2, -0.15) is 0 Å². The van der Waals surface area contributed by atoms with Crippen LogP contribution in [-0.4, -0.2) is 22.6 Å². The summed E-state index contributed by atoms with van der Waals surface area (Å²) in [7, 11) is -1.88. The number of halogens is 1. The molecule has 0 aliphatic carbocycles. The third kappa shape index (κ3) is 4.51. The second-order valence-electron chi connectivity index (χ2n) is 3.75. The lowest BCUT2D eigenvalue weighted by Crippen LogP contribution is -2.28. The summed E-state index contributed by atoms with van der Waals surface area (Å²) < 4.78 is 47.8. The monoisotopic (exact) mass is 331 g/mol. The van der Waals surface area contributed by atoms with Gasteiger partial charge in [-0.15, -0.1) is 11.3 Å². The molecule has 1 N–H and O–H groups in total. The molecule has 0 radical (unpaired) electrons. The van der Waals surface area contributed by atoms with Gasteiger partial charge in [0, 0.05) is 15.6 Å². The van der Waals surface area contributed by atoms with Gasteiger partial charge in [0.25, 0.3) is 9.05 Å². The Kier molecular flexibility index (Phi) is 5.19. The van der Waals surface area contributed by atoms with Gasteiger partial charge in [0.05, 0.1) is 11.8 Å². The topological polar surface area (TPSA) is 80.3 Å². The SMILES string of the molecule is CCCS(=O)(=O)NC(C)c1ccc(S(=O)(=O)Cl)s1. The molecule has 0 aliphatic rings. The number of nitrogens with one attached hydrogen (secondary N) is 1. The van der Waals surface area contributed by atoms with Crippen molar-refractivity contribution in [3.05, 3.63) is 17.0 Å². The summed E-state index contributed by atoms with van der Waals surface area (Å²) in [4.78, 5) is 0.605. The first kappa shape index (κ1) is 15.9. The minimum absolute atomic E-state index is 0.0145. The maximum absolute atomic E-state index is 11.6. The molecule has 1 aromatic heterocycles. The highest BCUT2D eigenvalue weighted by molar-refractivity contribution is 8.15. The van der Waals surface area contributed by atoms with Gasteiger partial charge in [-0.25, -0.2) is 21.6 Å². The summed E-state index contributed by atoms with van der Waals surface area (Å²) in [6.45, 7) is 3.43. The minimum atomic E-state index is -3.76. The highest BCUT2D eigenvalue weighted by Crippen LogP contribution is 2.29. The fourth-order valence-electron chi connectivity index (χ4n) is 1.35. The van der Waals surface area contributed by atoms with Gasteiger partial charge in [0.15, 0.2) is 0 Å². The molecule has 1 rings (SSSR count). The number of sulfonamides is 1. The van der Waals surface area contributed by atoms with Crippen LogP contribution in [0.5, 0.6) is 0 Å². The van der Waals surface area contributed by atoms with E-state index in [4.69, 9.17) is 10.7 Å². The van der Waals surface area contributed by atoms with E-state index in [9.17, 15) is 16.8 Å². The molecule has 1 atom stereocenters. The molecule has 104 valence electrons. The van der Waals surface area contributed by atoms with Crippen LogP contribution in [0.25, 0.3) is 0 Å². The van der Waals surface area contributed by atoms with Crippen molar-refractivity contribution in [2.75, 3.05) is 5.75 Å². The zero-order chi connectivity index (χ0) is 14.0. The van der Waals surface area contributed by atoms with Crippen molar-refractivity contribution in [3.63, 3.8) is 0 Å². The Hall–Kier alpha value is -0.150. The normalized spacial score (nSPS) is 14.6. The van der Waals surface area contributed by atoms with Crippen LogP contribution in [0.4, 0.5) is 0 Å². The van der Waals surface area contributed by atoms with Gasteiger partial charge in [-0.1, -0.05) is 6.92 Å². The molecule has 0 aromatic carbocycles. The first-order valence-corrected chi connectivity index (χ1v) is 9.98. The van der Waals surface area contributed by atoms with Crippen molar-refractivity contribution in [2.45, 2.75) is 30.5 Å². The summed E-state index contributed by atoms with van der Waals surface area (Å²) in [6, 6.07) is 2.45.